The Morgan fingerprint density at radius 1 is 1.45 bits per heavy atom. The van der Waals surface area contributed by atoms with Crippen molar-refractivity contribution in [3.05, 3.63) is 42.0 Å². The molecule has 5 nitrogen and oxygen atoms in total. The molecule has 1 unspecified atom stereocenters. The van der Waals surface area contributed by atoms with Gasteiger partial charge in [-0.1, -0.05) is 37.3 Å². The summed E-state index contributed by atoms with van der Waals surface area (Å²) in [6.45, 7) is 2.44. The minimum absolute atomic E-state index is 0.139. The van der Waals surface area contributed by atoms with Gasteiger partial charge in [0.25, 0.3) is 0 Å². The Hall–Kier alpha value is -2.14. The lowest BCUT2D eigenvalue weighted by molar-refractivity contribution is -0.146. The van der Waals surface area contributed by atoms with Crippen LogP contribution in [0.3, 0.4) is 0 Å². The van der Waals surface area contributed by atoms with Gasteiger partial charge in [0, 0.05) is 5.69 Å². The number of aliphatic carboxylic acids is 1. The SMILES string of the molecule is CCc1ccccc1N1C[C@@]23C=C[C@@H](O2)C(C(=O)O)[C@H]3C1=O. The van der Waals surface area contributed by atoms with Crippen molar-refractivity contribution in [2.24, 2.45) is 11.8 Å². The monoisotopic (exact) mass is 299 g/mol. The summed E-state index contributed by atoms with van der Waals surface area (Å²) in [5.41, 5.74) is 1.17. The highest BCUT2D eigenvalue weighted by atomic mass is 16.5. The number of carbonyl (C=O) groups is 2. The van der Waals surface area contributed by atoms with Gasteiger partial charge in [-0.25, -0.2) is 0 Å². The molecule has 22 heavy (non-hydrogen) atoms. The van der Waals surface area contributed by atoms with Crippen LogP contribution < -0.4 is 4.90 Å². The normalized spacial score (nSPS) is 35.2. The van der Waals surface area contributed by atoms with Gasteiger partial charge in [-0.05, 0) is 18.1 Å². The van der Waals surface area contributed by atoms with Crippen molar-refractivity contribution < 1.29 is 19.4 Å². The first-order valence-corrected chi connectivity index (χ1v) is 7.56. The Morgan fingerprint density at radius 2 is 2.23 bits per heavy atom. The molecule has 0 aliphatic carbocycles. The van der Waals surface area contributed by atoms with Crippen LogP contribution in [0.1, 0.15) is 12.5 Å². The topological polar surface area (TPSA) is 66.8 Å². The van der Waals surface area contributed by atoms with E-state index in [1.54, 1.807) is 11.0 Å². The number of hydrogen-bond donors (Lipinski definition) is 1. The predicted molar refractivity (Wildman–Crippen MR) is 79.5 cm³/mol. The first-order valence-electron chi connectivity index (χ1n) is 7.56. The molecule has 3 heterocycles. The highest BCUT2D eigenvalue weighted by Gasteiger charge is 2.67. The number of anilines is 1. The molecule has 4 atom stereocenters. The van der Waals surface area contributed by atoms with Crippen molar-refractivity contribution in [3.63, 3.8) is 0 Å². The largest absolute Gasteiger partial charge is 0.481 e. The summed E-state index contributed by atoms with van der Waals surface area (Å²) in [7, 11) is 0. The van der Waals surface area contributed by atoms with Crippen LogP contribution in [-0.2, 0) is 20.7 Å². The van der Waals surface area contributed by atoms with Crippen LogP contribution in [0.4, 0.5) is 5.69 Å². The third kappa shape index (κ3) is 1.57. The number of nitrogens with zero attached hydrogens (tertiary/aromatic N) is 1. The summed E-state index contributed by atoms with van der Waals surface area (Å²) >= 11 is 0. The number of carboxylic acid groups (broad SMARTS) is 1. The third-order valence-corrected chi connectivity index (χ3v) is 5.05. The number of fused-ring (bicyclic) bond motifs is 1. The maximum atomic E-state index is 12.9. The van der Waals surface area contributed by atoms with Crippen molar-refractivity contribution >= 4 is 17.6 Å². The molecule has 2 saturated heterocycles. The smallest absolute Gasteiger partial charge is 0.310 e. The average molecular weight is 299 g/mol. The molecule has 5 heteroatoms. The lowest BCUT2D eigenvalue weighted by Crippen LogP contribution is -2.39. The van der Waals surface area contributed by atoms with E-state index in [1.165, 1.54) is 0 Å². The maximum absolute atomic E-state index is 12.9. The van der Waals surface area contributed by atoms with Crippen molar-refractivity contribution in [2.75, 3.05) is 11.4 Å². The van der Waals surface area contributed by atoms with E-state index in [0.29, 0.717) is 6.54 Å². The highest BCUT2D eigenvalue weighted by molar-refractivity contribution is 6.03. The number of para-hydroxylation sites is 1. The summed E-state index contributed by atoms with van der Waals surface area (Å²) in [6, 6.07) is 7.76. The second kappa shape index (κ2) is 4.43. The Balaban J connectivity index is 1.77. The summed E-state index contributed by atoms with van der Waals surface area (Å²) in [5.74, 6) is -2.50. The molecular formula is C17H17NO4. The Bertz CT molecular complexity index is 698. The second-order valence-electron chi connectivity index (χ2n) is 6.14. The summed E-state index contributed by atoms with van der Waals surface area (Å²) in [6.07, 6.45) is 4.01. The van der Waals surface area contributed by atoms with Gasteiger partial charge in [0.05, 0.1) is 18.6 Å². The van der Waals surface area contributed by atoms with E-state index in [4.69, 9.17) is 4.74 Å². The first-order chi connectivity index (χ1) is 10.6. The fourth-order valence-corrected chi connectivity index (χ4v) is 4.06. The van der Waals surface area contributed by atoms with E-state index >= 15 is 0 Å². The molecule has 2 bridgehead atoms. The van der Waals surface area contributed by atoms with Gasteiger partial charge in [0.1, 0.15) is 11.5 Å². The van der Waals surface area contributed by atoms with E-state index in [1.807, 2.05) is 37.3 Å². The van der Waals surface area contributed by atoms with Crippen LogP contribution in [0.25, 0.3) is 0 Å². The Labute approximate surface area is 128 Å². The van der Waals surface area contributed by atoms with Crippen LogP contribution in [0.5, 0.6) is 0 Å². The number of benzene rings is 1. The van der Waals surface area contributed by atoms with Crippen LogP contribution in [-0.4, -0.2) is 35.2 Å². The molecule has 1 aromatic rings. The summed E-state index contributed by atoms with van der Waals surface area (Å²) in [5, 5.41) is 9.47. The van der Waals surface area contributed by atoms with Gasteiger partial charge >= 0.3 is 5.97 Å². The quantitative estimate of drug-likeness (QED) is 0.861. The van der Waals surface area contributed by atoms with Crippen molar-refractivity contribution in [1.29, 1.82) is 0 Å². The highest BCUT2D eigenvalue weighted by Crippen LogP contribution is 2.52. The zero-order valence-electron chi connectivity index (χ0n) is 12.2. The molecule has 0 aromatic heterocycles. The zero-order valence-corrected chi connectivity index (χ0v) is 12.2. The lowest BCUT2D eigenvalue weighted by Gasteiger charge is -2.23. The van der Waals surface area contributed by atoms with Crippen LogP contribution in [0.2, 0.25) is 0 Å². The maximum Gasteiger partial charge on any atom is 0.310 e. The molecule has 3 aliphatic rings. The van der Waals surface area contributed by atoms with E-state index < -0.39 is 29.5 Å². The van der Waals surface area contributed by atoms with E-state index in [0.717, 1.165) is 17.7 Å². The molecule has 1 N–H and O–H groups in total. The number of hydrogen-bond acceptors (Lipinski definition) is 3. The van der Waals surface area contributed by atoms with E-state index in [2.05, 4.69) is 0 Å². The number of aryl methyl sites for hydroxylation is 1. The number of amides is 1. The van der Waals surface area contributed by atoms with Gasteiger partial charge in [-0.15, -0.1) is 0 Å². The van der Waals surface area contributed by atoms with Gasteiger partial charge in [-0.3, -0.25) is 9.59 Å². The van der Waals surface area contributed by atoms with Crippen LogP contribution in [0, 0.1) is 11.8 Å². The minimum Gasteiger partial charge on any atom is -0.481 e. The minimum atomic E-state index is -0.958. The lowest BCUT2D eigenvalue weighted by atomic mass is 9.77. The fraction of sp³-hybridized carbons (Fsp3) is 0.412. The summed E-state index contributed by atoms with van der Waals surface area (Å²) < 4.78 is 5.90. The van der Waals surface area contributed by atoms with Gasteiger partial charge in [0.15, 0.2) is 0 Å². The first kappa shape index (κ1) is 13.5. The van der Waals surface area contributed by atoms with Gasteiger partial charge < -0.3 is 14.7 Å². The average Bonchev–Trinajstić information content (AvgIpc) is 3.15. The Kier molecular flexibility index (Phi) is 2.72. The molecule has 2 fully saturated rings. The molecule has 1 amide bonds. The third-order valence-electron chi connectivity index (χ3n) is 5.05. The standard InChI is InChI=1S/C17H17NO4/c1-2-10-5-3-4-6-11(10)18-9-17-8-7-12(22-17)13(16(20)21)14(17)15(18)19/h3-8,12-14H,2,9H2,1H3,(H,20,21)/t12-,13?,14+,17-/m1/s1. The number of carboxylic acids is 1. The molecule has 3 aliphatic heterocycles. The molecular weight excluding hydrogens is 282 g/mol. The number of rotatable bonds is 3. The van der Waals surface area contributed by atoms with Crippen molar-refractivity contribution in [3.8, 4) is 0 Å². The molecule has 0 radical (unpaired) electrons. The molecule has 1 aromatic carbocycles. The Morgan fingerprint density at radius 3 is 2.95 bits per heavy atom. The van der Waals surface area contributed by atoms with E-state index in [-0.39, 0.29) is 5.91 Å². The molecule has 0 saturated carbocycles. The zero-order chi connectivity index (χ0) is 15.5. The van der Waals surface area contributed by atoms with Crippen molar-refractivity contribution in [2.45, 2.75) is 25.0 Å². The van der Waals surface area contributed by atoms with Gasteiger partial charge in [-0.2, -0.15) is 0 Å². The van der Waals surface area contributed by atoms with Crippen molar-refractivity contribution in [1.82, 2.24) is 0 Å². The van der Waals surface area contributed by atoms with Crippen LogP contribution >= 0.6 is 0 Å². The number of ether oxygens (including phenoxy) is 1. The molecule has 4 rings (SSSR count). The second-order valence-corrected chi connectivity index (χ2v) is 6.14. The van der Waals surface area contributed by atoms with E-state index in [9.17, 15) is 14.7 Å². The van der Waals surface area contributed by atoms with Gasteiger partial charge in [0.2, 0.25) is 5.91 Å². The predicted octanol–water partition coefficient (Wildman–Crippen LogP) is 1.62. The molecule has 1 spiro atoms. The van der Waals surface area contributed by atoms with Crippen LogP contribution in [0.15, 0.2) is 36.4 Å². The molecule has 114 valence electrons. The number of carbonyl (C=O) groups excluding carboxylic acids is 1. The summed E-state index contributed by atoms with van der Waals surface area (Å²) in [4.78, 5) is 26.2. The fourth-order valence-electron chi connectivity index (χ4n) is 4.06.